The molecular formula is C18H15Cl2N3O3S. The molecule has 140 valence electrons. The molecule has 6 nitrogen and oxygen atoms in total. The number of nitrogens with zero attached hydrogens (tertiary/aromatic N) is 2. The molecule has 1 saturated heterocycles. The summed E-state index contributed by atoms with van der Waals surface area (Å²) in [5.41, 5.74) is 8.50. The average molecular weight is 424 g/mol. The van der Waals surface area contributed by atoms with E-state index in [1.165, 1.54) is 0 Å². The quantitative estimate of drug-likeness (QED) is 0.754. The fraction of sp³-hybridized carbons (Fsp3) is 0.167. The number of benzene rings is 1. The van der Waals surface area contributed by atoms with Crippen molar-refractivity contribution in [1.29, 1.82) is 0 Å². The molecule has 1 aromatic heterocycles. The van der Waals surface area contributed by atoms with Crippen molar-refractivity contribution >= 4 is 58.1 Å². The van der Waals surface area contributed by atoms with Crippen LogP contribution in [0.1, 0.15) is 17.0 Å². The summed E-state index contributed by atoms with van der Waals surface area (Å²) in [6, 6.07) is 7.22. The Bertz CT molecular complexity index is 1010. The Labute approximate surface area is 169 Å². The van der Waals surface area contributed by atoms with E-state index in [-0.39, 0.29) is 4.91 Å². The van der Waals surface area contributed by atoms with E-state index in [4.69, 9.17) is 28.9 Å². The van der Waals surface area contributed by atoms with Gasteiger partial charge in [-0.1, -0.05) is 23.2 Å². The van der Waals surface area contributed by atoms with Crippen LogP contribution in [0.2, 0.25) is 10.0 Å². The maximum Gasteiger partial charge on any atom is 0.294 e. The van der Waals surface area contributed by atoms with Crippen LogP contribution in [0.25, 0.3) is 11.8 Å². The fourth-order valence-electron chi connectivity index (χ4n) is 2.89. The zero-order chi connectivity index (χ0) is 19.9. The molecule has 3 amide bonds. The molecule has 27 heavy (non-hydrogen) atoms. The van der Waals surface area contributed by atoms with E-state index in [9.17, 15) is 14.4 Å². The van der Waals surface area contributed by atoms with Gasteiger partial charge in [0.15, 0.2) is 0 Å². The fourth-order valence-corrected chi connectivity index (χ4v) is 4.01. The Morgan fingerprint density at radius 3 is 2.52 bits per heavy atom. The largest absolute Gasteiger partial charge is 0.368 e. The highest BCUT2D eigenvalue weighted by molar-refractivity contribution is 8.18. The first-order valence-corrected chi connectivity index (χ1v) is 9.44. The van der Waals surface area contributed by atoms with E-state index in [1.807, 2.05) is 30.5 Å². The van der Waals surface area contributed by atoms with Gasteiger partial charge in [-0.15, -0.1) is 0 Å². The molecule has 1 aliphatic heterocycles. The van der Waals surface area contributed by atoms with Crippen LogP contribution in [-0.2, 0) is 9.59 Å². The van der Waals surface area contributed by atoms with Crippen molar-refractivity contribution in [3.8, 4) is 5.69 Å². The Morgan fingerprint density at radius 1 is 1.19 bits per heavy atom. The van der Waals surface area contributed by atoms with Gasteiger partial charge in [-0.2, -0.15) is 0 Å². The van der Waals surface area contributed by atoms with Gasteiger partial charge >= 0.3 is 0 Å². The van der Waals surface area contributed by atoms with Crippen LogP contribution in [-0.4, -0.2) is 33.1 Å². The summed E-state index contributed by atoms with van der Waals surface area (Å²) in [4.78, 5) is 36.5. The summed E-state index contributed by atoms with van der Waals surface area (Å²) < 4.78 is 1.97. The second kappa shape index (κ2) is 7.42. The normalized spacial score (nSPS) is 15.9. The van der Waals surface area contributed by atoms with Crippen LogP contribution in [0.15, 0.2) is 29.2 Å². The van der Waals surface area contributed by atoms with Crippen LogP contribution >= 0.6 is 35.0 Å². The number of imide groups is 1. The van der Waals surface area contributed by atoms with Gasteiger partial charge in [-0.05, 0) is 61.5 Å². The van der Waals surface area contributed by atoms with Crippen LogP contribution in [0.4, 0.5) is 4.79 Å². The zero-order valence-corrected chi connectivity index (χ0v) is 16.8. The molecule has 0 aliphatic carbocycles. The number of rotatable bonds is 4. The molecule has 9 heteroatoms. The van der Waals surface area contributed by atoms with E-state index in [0.717, 1.165) is 39.3 Å². The number of halogens is 2. The van der Waals surface area contributed by atoms with Gasteiger partial charge in [0.25, 0.3) is 11.1 Å². The number of aromatic nitrogens is 1. The summed E-state index contributed by atoms with van der Waals surface area (Å²) in [7, 11) is 0. The minimum absolute atomic E-state index is 0.246. The van der Waals surface area contributed by atoms with E-state index < -0.39 is 23.6 Å². The number of carbonyl (C=O) groups is 3. The minimum Gasteiger partial charge on any atom is -0.368 e. The highest BCUT2D eigenvalue weighted by Crippen LogP contribution is 2.34. The Hall–Kier alpha value is -2.22. The van der Waals surface area contributed by atoms with Gasteiger partial charge in [0.05, 0.1) is 15.0 Å². The van der Waals surface area contributed by atoms with Gasteiger partial charge in [0.1, 0.15) is 6.54 Å². The van der Waals surface area contributed by atoms with Gasteiger partial charge in [-0.25, -0.2) is 0 Å². The molecule has 0 atom stereocenters. The van der Waals surface area contributed by atoms with Crippen LogP contribution < -0.4 is 5.73 Å². The molecule has 2 aromatic rings. The van der Waals surface area contributed by atoms with Crippen molar-refractivity contribution < 1.29 is 14.4 Å². The summed E-state index contributed by atoms with van der Waals surface area (Å²) in [6.45, 7) is 3.39. The highest BCUT2D eigenvalue weighted by Gasteiger charge is 2.36. The van der Waals surface area contributed by atoms with Crippen molar-refractivity contribution in [2.45, 2.75) is 13.8 Å². The first-order chi connectivity index (χ1) is 12.7. The molecule has 1 fully saturated rings. The Kier molecular flexibility index (Phi) is 5.37. The number of thioether (sulfide) groups is 1. The van der Waals surface area contributed by atoms with Gasteiger partial charge in [-0.3, -0.25) is 19.3 Å². The maximum atomic E-state index is 12.4. The number of nitrogens with two attached hydrogens (primary N) is 1. The smallest absolute Gasteiger partial charge is 0.294 e. The highest BCUT2D eigenvalue weighted by atomic mass is 35.5. The summed E-state index contributed by atoms with van der Waals surface area (Å²) in [5, 5.41) is 0.394. The number of carbonyl (C=O) groups excluding carboxylic acids is 3. The monoisotopic (exact) mass is 423 g/mol. The number of hydrogen-bond donors (Lipinski definition) is 1. The van der Waals surface area contributed by atoms with Gasteiger partial charge < -0.3 is 10.3 Å². The molecule has 3 rings (SSSR count). The Balaban J connectivity index is 1.99. The van der Waals surface area contributed by atoms with Gasteiger partial charge in [0.2, 0.25) is 5.91 Å². The Morgan fingerprint density at radius 2 is 1.89 bits per heavy atom. The molecular weight excluding hydrogens is 409 g/mol. The van der Waals surface area contributed by atoms with Crippen LogP contribution in [0.3, 0.4) is 0 Å². The molecule has 0 radical (unpaired) electrons. The molecule has 0 unspecified atom stereocenters. The lowest BCUT2D eigenvalue weighted by atomic mass is 10.2. The maximum absolute atomic E-state index is 12.4. The van der Waals surface area contributed by atoms with Crippen molar-refractivity contribution in [1.82, 2.24) is 9.47 Å². The lowest BCUT2D eigenvalue weighted by Gasteiger charge is -2.10. The third-order valence-electron chi connectivity index (χ3n) is 4.11. The number of aryl methyl sites for hydroxylation is 1. The first kappa shape index (κ1) is 19.5. The summed E-state index contributed by atoms with van der Waals surface area (Å²) >= 11 is 12.9. The molecule has 2 heterocycles. The zero-order valence-electron chi connectivity index (χ0n) is 14.5. The molecule has 1 aliphatic rings. The number of primary amides is 1. The second-order valence-electron chi connectivity index (χ2n) is 5.99. The molecule has 1 aromatic carbocycles. The number of hydrogen-bond acceptors (Lipinski definition) is 4. The lowest BCUT2D eigenvalue weighted by molar-refractivity contribution is -0.127. The van der Waals surface area contributed by atoms with Crippen LogP contribution in [0, 0.1) is 13.8 Å². The first-order valence-electron chi connectivity index (χ1n) is 7.87. The predicted octanol–water partition coefficient (Wildman–Crippen LogP) is 3.92. The van der Waals surface area contributed by atoms with Crippen molar-refractivity contribution in [3.05, 3.63) is 56.2 Å². The van der Waals surface area contributed by atoms with Crippen molar-refractivity contribution in [2.24, 2.45) is 5.73 Å². The van der Waals surface area contributed by atoms with E-state index in [0.29, 0.717) is 10.0 Å². The molecule has 2 N–H and O–H groups in total. The minimum atomic E-state index is -0.739. The van der Waals surface area contributed by atoms with E-state index in [1.54, 1.807) is 18.2 Å². The topological polar surface area (TPSA) is 85.4 Å². The second-order valence-corrected chi connectivity index (χ2v) is 7.80. The van der Waals surface area contributed by atoms with Crippen LogP contribution in [0.5, 0.6) is 0 Å². The number of amides is 3. The molecule has 0 bridgehead atoms. The predicted molar refractivity (Wildman–Crippen MR) is 107 cm³/mol. The summed E-state index contributed by atoms with van der Waals surface area (Å²) in [5.74, 6) is -1.26. The lowest BCUT2D eigenvalue weighted by Crippen LogP contribution is -2.36. The average Bonchev–Trinajstić information content (AvgIpc) is 3.01. The SMILES string of the molecule is Cc1cc(/C=C2\SC(=O)N(CC(N)=O)C2=O)c(C)n1-c1ccc(Cl)c(Cl)c1. The molecule has 0 spiro atoms. The third-order valence-corrected chi connectivity index (χ3v) is 5.75. The van der Waals surface area contributed by atoms with E-state index >= 15 is 0 Å². The van der Waals surface area contributed by atoms with Crippen molar-refractivity contribution in [2.75, 3.05) is 6.54 Å². The van der Waals surface area contributed by atoms with E-state index in [2.05, 4.69) is 0 Å². The third kappa shape index (κ3) is 3.76. The standard InChI is InChI=1S/C18H15Cl2N3O3S/c1-9-5-11(6-15-17(25)22(8-16(21)24)18(26)27-15)10(2)23(9)12-3-4-13(19)14(20)7-12/h3-7H,8H2,1-2H3,(H2,21,24)/b15-6-. The van der Waals surface area contributed by atoms with Gasteiger partial charge in [0, 0.05) is 17.1 Å². The summed E-state index contributed by atoms with van der Waals surface area (Å²) in [6.07, 6.45) is 1.64. The van der Waals surface area contributed by atoms with Crippen molar-refractivity contribution in [3.63, 3.8) is 0 Å². The molecule has 0 saturated carbocycles.